The van der Waals surface area contributed by atoms with Crippen LogP contribution >= 0.6 is 0 Å². The fourth-order valence-electron chi connectivity index (χ4n) is 1.84. The third-order valence-corrected chi connectivity index (χ3v) is 2.72. The summed E-state index contributed by atoms with van der Waals surface area (Å²) in [4.78, 5) is 18.8. The molecule has 1 aliphatic rings. The zero-order valence-corrected chi connectivity index (χ0v) is 9.90. The van der Waals surface area contributed by atoms with Gasteiger partial charge in [-0.1, -0.05) is 0 Å². The lowest BCUT2D eigenvalue weighted by atomic mass is 10.2. The van der Waals surface area contributed by atoms with Crippen LogP contribution in [0.15, 0.2) is 12.4 Å². The van der Waals surface area contributed by atoms with Crippen molar-refractivity contribution in [2.45, 2.75) is 25.5 Å². The molecule has 0 radical (unpaired) electrons. The van der Waals surface area contributed by atoms with Crippen LogP contribution in [0, 0.1) is 0 Å². The largest absolute Gasteiger partial charge is 0.375 e. The van der Waals surface area contributed by atoms with Crippen LogP contribution in [0.5, 0.6) is 0 Å². The van der Waals surface area contributed by atoms with E-state index in [0.29, 0.717) is 13.0 Å². The maximum Gasteiger partial charge on any atom is 0.223 e. The maximum atomic E-state index is 11.8. The van der Waals surface area contributed by atoms with Crippen molar-refractivity contribution in [1.29, 1.82) is 0 Å². The average Bonchev–Trinajstić information content (AvgIpc) is 2.83. The molecule has 2 heterocycles. The lowest BCUT2D eigenvalue weighted by molar-refractivity contribution is -0.125. The number of nitrogens with zero attached hydrogens (tertiary/aromatic N) is 1. The van der Waals surface area contributed by atoms with Gasteiger partial charge in [0.25, 0.3) is 0 Å². The molecule has 1 saturated heterocycles. The van der Waals surface area contributed by atoms with E-state index in [1.807, 2.05) is 6.92 Å². The van der Waals surface area contributed by atoms with E-state index >= 15 is 0 Å². The van der Waals surface area contributed by atoms with Gasteiger partial charge < -0.3 is 20.4 Å². The van der Waals surface area contributed by atoms with Crippen LogP contribution in [0.3, 0.4) is 0 Å². The number of amides is 1. The van der Waals surface area contributed by atoms with E-state index in [1.165, 1.54) is 0 Å². The first-order valence-electron chi connectivity index (χ1n) is 5.86. The topological polar surface area (TPSA) is 79.0 Å². The van der Waals surface area contributed by atoms with Crippen LogP contribution in [-0.4, -0.2) is 41.7 Å². The molecule has 94 valence electrons. The highest BCUT2D eigenvalue weighted by Gasteiger charge is 2.19. The number of aromatic amines is 1. The summed E-state index contributed by atoms with van der Waals surface area (Å²) in [6.45, 7) is 4.17. The Morgan fingerprint density at radius 3 is 3.29 bits per heavy atom. The highest BCUT2D eigenvalue weighted by Crippen LogP contribution is 2.07. The van der Waals surface area contributed by atoms with Crippen molar-refractivity contribution < 1.29 is 9.53 Å². The summed E-state index contributed by atoms with van der Waals surface area (Å²) < 4.78 is 5.47. The molecule has 0 spiro atoms. The lowest BCUT2D eigenvalue weighted by Gasteiger charge is -2.23. The Morgan fingerprint density at radius 2 is 2.65 bits per heavy atom. The van der Waals surface area contributed by atoms with Crippen molar-refractivity contribution in [3.63, 3.8) is 0 Å². The van der Waals surface area contributed by atoms with Crippen LogP contribution in [0.4, 0.5) is 0 Å². The second-order valence-corrected chi connectivity index (χ2v) is 4.16. The fourth-order valence-corrected chi connectivity index (χ4v) is 1.84. The molecule has 6 nitrogen and oxygen atoms in total. The van der Waals surface area contributed by atoms with Gasteiger partial charge in [-0.05, 0) is 6.92 Å². The summed E-state index contributed by atoms with van der Waals surface area (Å²) >= 11 is 0. The molecule has 1 amide bonds. The van der Waals surface area contributed by atoms with Crippen LogP contribution < -0.4 is 10.6 Å². The number of morpholine rings is 1. The summed E-state index contributed by atoms with van der Waals surface area (Å²) in [5.74, 6) is 0.753. The number of nitrogens with one attached hydrogen (secondary N) is 3. The number of aromatic nitrogens is 2. The van der Waals surface area contributed by atoms with Gasteiger partial charge in [-0.15, -0.1) is 0 Å². The second kappa shape index (κ2) is 5.79. The van der Waals surface area contributed by atoms with Crippen molar-refractivity contribution in [3.8, 4) is 0 Å². The summed E-state index contributed by atoms with van der Waals surface area (Å²) in [5.41, 5.74) is 0. The average molecular weight is 238 g/mol. The van der Waals surface area contributed by atoms with E-state index in [9.17, 15) is 4.79 Å². The predicted octanol–water partition coefficient (Wildman–Crippen LogP) is -0.0346. The van der Waals surface area contributed by atoms with Gasteiger partial charge in [-0.3, -0.25) is 4.79 Å². The zero-order chi connectivity index (χ0) is 12.1. The SMILES string of the molecule is CC(NC(=O)CC1CNCCO1)c1ncc[nH]1. The molecule has 2 atom stereocenters. The van der Waals surface area contributed by atoms with E-state index in [1.54, 1.807) is 12.4 Å². The molecule has 17 heavy (non-hydrogen) atoms. The normalized spacial score (nSPS) is 22.1. The van der Waals surface area contributed by atoms with Gasteiger partial charge in [0.05, 0.1) is 25.2 Å². The maximum absolute atomic E-state index is 11.8. The van der Waals surface area contributed by atoms with Gasteiger partial charge in [0.2, 0.25) is 5.91 Å². The van der Waals surface area contributed by atoms with Crippen LogP contribution in [-0.2, 0) is 9.53 Å². The Hall–Kier alpha value is -1.40. The molecular weight excluding hydrogens is 220 g/mol. The van der Waals surface area contributed by atoms with Gasteiger partial charge >= 0.3 is 0 Å². The number of imidazole rings is 1. The Balaban J connectivity index is 1.76. The highest BCUT2D eigenvalue weighted by atomic mass is 16.5. The standard InChI is InChI=1S/C11H18N4O2/c1-8(11-13-2-3-14-11)15-10(16)6-9-7-12-4-5-17-9/h2-3,8-9,12H,4-7H2,1H3,(H,13,14)(H,15,16). The minimum atomic E-state index is -0.103. The first-order chi connectivity index (χ1) is 8.25. The first-order valence-corrected chi connectivity index (χ1v) is 5.86. The molecule has 3 N–H and O–H groups in total. The molecule has 1 aromatic heterocycles. The van der Waals surface area contributed by atoms with E-state index in [-0.39, 0.29) is 18.1 Å². The molecule has 1 fully saturated rings. The number of H-pyrrole nitrogens is 1. The number of carbonyl (C=O) groups is 1. The van der Waals surface area contributed by atoms with Crippen molar-refractivity contribution in [1.82, 2.24) is 20.6 Å². The zero-order valence-electron chi connectivity index (χ0n) is 9.90. The van der Waals surface area contributed by atoms with E-state index in [2.05, 4.69) is 20.6 Å². The van der Waals surface area contributed by atoms with Gasteiger partial charge in [0.15, 0.2) is 0 Å². The van der Waals surface area contributed by atoms with Crippen molar-refractivity contribution in [3.05, 3.63) is 18.2 Å². The van der Waals surface area contributed by atoms with E-state index in [0.717, 1.165) is 18.9 Å². The number of carbonyl (C=O) groups excluding carboxylic acids is 1. The summed E-state index contributed by atoms with van der Waals surface area (Å²) in [7, 11) is 0. The third-order valence-electron chi connectivity index (χ3n) is 2.72. The molecular formula is C11H18N4O2. The van der Waals surface area contributed by atoms with Crippen LogP contribution in [0.2, 0.25) is 0 Å². The fraction of sp³-hybridized carbons (Fsp3) is 0.636. The van der Waals surface area contributed by atoms with Gasteiger partial charge in [-0.2, -0.15) is 0 Å². The van der Waals surface area contributed by atoms with Crippen LogP contribution in [0.25, 0.3) is 0 Å². The molecule has 2 unspecified atom stereocenters. The van der Waals surface area contributed by atoms with Gasteiger partial charge in [-0.25, -0.2) is 4.98 Å². The predicted molar refractivity (Wildman–Crippen MR) is 62.4 cm³/mol. The molecule has 1 aliphatic heterocycles. The Labute approximate surface area is 100 Å². The van der Waals surface area contributed by atoms with Crippen molar-refractivity contribution in [2.75, 3.05) is 19.7 Å². The highest BCUT2D eigenvalue weighted by molar-refractivity contribution is 5.76. The number of hydrogen-bond acceptors (Lipinski definition) is 4. The van der Waals surface area contributed by atoms with Crippen molar-refractivity contribution in [2.24, 2.45) is 0 Å². The molecule has 1 aromatic rings. The Kier molecular flexibility index (Phi) is 4.11. The molecule has 2 rings (SSSR count). The van der Waals surface area contributed by atoms with Gasteiger partial charge in [0.1, 0.15) is 5.82 Å². The Bertz CT molecular complexity index is 346. The second-order valence-electron chi connectivity index (χ2n) is 4.16. The number of rotatable bonds is 4. The smallest absolute Gasteiger partial charge is 0.223 e. The van der Waals surface area contributed by atoms with Gasteiger partial charge in [0, 0.05) is 25.5 Å². The summed E-state index contributed by atoms with van der Waals surface area (Å²) in [6, 6.07) is -0.103. The van der Waals surface area contributed by atoms with E-state index in [4.69, 9.17) is 4.74 Å². The quantitative estimate of drug-likeness (QED) is 0.688. The molecule has 0 bridgehead atoms. The van der Waals surface area contributed by atoms with Crippen LogP contribution in [0.1, 0.15) is 25.2 Å². The Morgan fingerprint density at radius 1 is 1.76 bits per heavy atom. The number of ether oxygens (including phenoxy) is 1. The minimum Gasteiger partial charge on any atom is -0.375 e. The van der Waals surface area contributed by atoms with Crippen molar-refractivity contribution >= 4 is 5.91 Å². The van der Waals surface area contributed by atoms with E-state index < -0.39 is 0 Å². The lowest BCUT2D eigenvalue weighted by Crippen LogP contribution is -2.41. The molecule has 0 saturated carbocycles. The third kappa shape index (κ3) is 3.54. The number of hydrogen-bond donors (Lipinski definition) is 3. The summed E-state index contributed by atoms with van der Waals surface area (Å²) in [5, 5.41) is 6.09. The molecule has 6 heteroatoms. The first kappa shape index (κ1) is 12.1. The summed E-state index contributed by atoms with van der Waals surface area (Å²) in [6.07, 6.45) is 3.78. The monoisotopic (exact) mass is 238 g/mol. The molecule has 0 aromatic carbocycles. The molecule has 0 aliphatic carbocycles. The minimum absolute atomic E-state index is 0.0115.